The zero-order valence-corrected chi connectivity index (χ0v) is 12.3. The highest BCUT2D eigenvalue weighted by Gasteiger charge is 2.34. The average molecular weight is 290 g/mol. The first-order valence-electron chi connectivity index (χ1n) is 7.34. The third-order valence-electron chi connectivity index (χ3n) is 3.68. The molecule has 0 radical (unpaired) electrons. The Bertz CT molecular complexity index is 475. The van der Waals surface area contributed by atoms with Gasteiger partial charge in [-0.2, -0.15) is 0 Å². The Labute approximate surface area is 125 Å². The Morgan fingerprint density at radius 3 is 2.52 bits per heavy atom. The Morgan fingerprint density at radius 2 is 1.90 bits per heavy atom. The number of carbonyl (C=O) groups is 1. The lowest BCUT2D eigenvalue weighted by Gasteiger charge is -2.33. The van der Waals surface area contributed by atoms with Crippen LogP contribution in [0.25, 0.3) is 6.08 Å². The standard InChI is InChI=1S/C17H22O4/c1-20-16(18)15(11-10-14-8-4-2-5-9-14)21-17(19)12-6-3-7-13-17/h2,4-5,8-11,15,19H,3,6-7,12-13H2,1H3/b11-10+. The maximum absolute atomic E-state index is 11.8. The molecule has 1 unspecified atom stereocenters. The van der Waals surface area contributed by atoms with E-state index >= 15 is 0 Å². The molecule has 0 aromatic heterocycles. The second-order valence-electron chi connectivity index (χ2n) is 5.34. The minimum Gasteiger partial charge on any atom is -0.467 e. The van der Waals surface area contributed by atoms with Crippen LogP contribution in [-0.4, -0.2) is 30.1 Å². The van der Waals surface area contributed by atoms with E-state index in [0.29, 0.717) is 12.8 Å². The highest BCUT2D eigenvalue weighted by molar-refractivity contribution is 5.78. The molecule has 0 aliphatic heterocycles. The summed E-state index contributed by atoms with van der Waals surface area (Å²) in [6.07, 6.45) is 6.56. The van der Waals surface area contributed by atoms with Crippen molar-refractivity contribution in [3.63, 3.8) is 0 Å². The molecule has 4 heteroatoms. The van der Waals surface area contributed by atoms with Crippen LogP contribution in [0.3, 0.4) is 0 Å². The van der Waals surface area contributed by atoms with Crippen LogP contribution in [0.15, 0.2) is 36.4 Å². The predicted molar refractivity (Wildman–Crippen MR) is 80.4 cm³/mol. The van der Waals surface area contributed by atoms with Crippen molar-refractivity contribution in [2.24, 2.45) is 0 Å². The van der Waals surface area contributed by atoms with E-state index in [1.807, 2.05) is 30.3 Å². The highest BCUT2D eigenvalue weighted by Crippen LogP contribution is 2.30. The highest BCUT2D eigenvalue weighted by atomic mass is 16.6. The quantitative estimate of drug-likeness (QED) is 0.669. The fraction of sp³-hybridized carbons (Fsp3) is 0.471. The van der Waals surface area contributed by atoms with Crippen molar-refractivity contribution in [1.29, 1.82) is 0 Å². The number of rotatable bonds is 5. The van der Waals surface area contributed by atoms with Crippen molar-refractivity contribution < 1.29 is 19.4 Å². The van der Waals surface area contributed by atoms with E-state index < -0.39 is 17.9 Å². The largest absolute Gasteiger partial charge is 0.467 e. The number of hydrogen-bond donors (Lipinski definition) is 1. The molecule has 1 aromatic rings. The van der Waals surface area contributed by atoms with Gasteiger partial charge in [0.15, 0.2) is 11.9 Å². The SMILES string of the molecule is COC(=O)C(/C=C/c1ccccc1)OC1(O)CCCCC1. The first-order chi connectivity index (χ1) is 10.1. The smallest absolute Gasteiger partial charge is 0.339 e. The summed E-state index contributed by atoms with van der Waals surface area (Å²) in [5.41, 5.74) is 0.964. The van der Waals surface area contributed by atoms with Gasteiger partial charge >= 0.3 is 5.97 Å². The Morgan fingerprint density at radius 1 is 1.24 bits per heavy atom. The number of esters is 1. The Kier molecular flexibility index (Phi) is 5.53. The van der Waals surface area contributed by atoms with Crippen molar-refractivity contribution in [3.05, 3.63) is 42.0 Å². The van der Waals surface area contributed by atoms with Crippen molar-refractivity contribution in [1.82, 2.24) is 0 Å². The molecule has 1 saturated carbocycles. The molecule has 1 atom stereocenters. The molecular weight excluding hydrogens is 268 g/mol. The van der Waals surface area contributed by atoms with Crippen LogP contribution in [0.5, 0.6) is 0 Å². The first kappa shape index (κ1) is 15.7. The normalized spacial score (nSPS) is 19.3. The molecule has 1 aliphatic rings. The summed E-state index contributed by atoms with van der Waals surface area (Å²) in [6.45, 7) is 0. The van der Waals surface area contributed by atoms with Gasteiger partial charge in [0.05, 0.1) is 7.11 Å². The molecule has 1 fully saturated rings. The second-order valence-corrected chi connectivity index (χ2v) is 5.34. The van der Waals surface area contributed by atoms with Crippen molar-refractivity contribution >= 4 is 12.0 Å². The van der Waals surface area contributed by atoms with E-state index in [1.54, 1.807) is 12.2 Å². The van der Waals surface area contributed by atoms with Crippen LogP contribution in [-0.2, 0) is 14.3 Å². The van der Waals surface area contributed by atoms with Gasteiger partial charge in [-0.25, -0.2) is 4.79 Å². The fourth-order valence-corrected chi connectivity index (χ4v) is 2.50. The third-order valence-corrected chi connectivity index (χ3v) is 3.68. The molecule has 0 amide bonds. The monoisotopic (exact) mass is 290 g/mol. The summed E-state index contributed by atoms with van der Waals surface area (Å²) in [4.78, 5) is 11.8. The number of benzene rings is 1. The van der Waals surface area contributed by atoms with Gasteiger partial charge in [0.2, 0.25) is 0 Å². The van der Waals surface area contributed by atoms with Gasteiger partial charge in [-0.3, -0.25) is 0 Å². The van der Waals surface area contributed by atoms with Gasteiger partial charge in [-0.15, -0.1) is 0 Å². The minimum absolute atomic E-state index is 0.499. The van der Waals surface area contributed by atoms with Crippen molar-refractivity contribution in [2.45, 2.75) is 44.0 Å². The number of hydrogen-bond acceptors (Lipinski definition) is 4. The lowest BCUT2D eigenvalue weighted by atomic mass is 9.94. The van der Waals surface area contributed by atoms with E-state index in [9.17, 15) is 9.90 Å². The van der Waals surface area contributed by atoms with Gasteiger partial charge in [0.25, 0.3) is 0 Å². The molecule has 0 heterocycles. The molecule has 4 nitrogen and oxygen atoms in total. The summed E-state index contributed by atoms with van der Waals surface area (Å²) >= 11 is 0. The zero-order valence-electron chi connectivity index (χ0n) is 12.3. The second kappa shape index (κ2) is 7.38. The van der Waals surface area contributed by atoms with E-state index in [1.165, 1.54) is 7.11 Å². The van der Waals surface area contributed by atoms with Crippen LogP contribution in [0.2, 0.25) is 0 Å². The zero-order chi connectivity index (χ0) is 15.1. The molecule has 21 heavy (non-hydrogen) atoms. The molecular formula is C17H22O4. The summed E-state index contributed by atoms with van der Waals surface area (Å²) in [5, 5.41) is 10.4. The summed E-state index contributed by atoms with van der Waals surface area (Å²) in [7, 11) is 1.32. The number of carbonyl (C=O) groups excluding carboxylic acids is 1. The molecule has 0 bridgehead atoms. The summed E-state index contributed by atoms with van der Waals surface area (Å²) in [6, 6.07) is 9.63. The molecule has 1 N–H and O–H groups in total. The first-order valence-corrected chi connectivity index (χ1v) is 7.34. The van der Waals surface area contributed by atoms with Crippen LogP contribution < -0.4 is 0 Å². The van der Waals surface area contributed by atoms with Gasteiger partial charge in [0, 0.05) is 12.8 Å². The van der Waals surface area contributed by atoms with Crippen LogP contribution in [0.1, 0.15) is 37.7 Å². The van der Waals surface area contributed by atoms with Gasteiger partial charge in [-0.1, -0.05) is 42.8 Å². The van der Waals surface area contributed by atoms with Gasteiger partial charge in [-0.05, 0) is 24.5 Å². The topological polar surface area (TPSA) is 55.8 Å². The Hall–Kier alpha value is -1.65. The van der Waals surface area contributed by atoms with Crippen LogP contribution in [0.4, 0.5) is 0 Å². The molecule has 114 valence electrons. The lowest BCUT2D eigenvalue weighted by Crippen LogP contribution is -2.41. The van der Waals surface area contributed by atoms with Crippen molar-refractivity contribution in [2.75, 3.05) is 7.11 Å². The fourth-order valence-electron chi connectivity index (χ4n) is 2.50. The summed E-state index contributed by atoms with van der Waals surface area (Å²) in [5.74, 6) is -1.72. The van der Waals surface area contributed by atoms with Crippen LogP contribution >= 0.6 is 0 Å². The molecule has 1 aromatic carbocycles. The average Bonchev–Trinajstić information content (AvgIpc) is 2.52. The Balaban J connectivity index is 2.07. The molecule has 0 spiro atoms. The summed E-state index contributed by atoms with van der Waals surface area (Å²) < 4.78 is 10.4. The minimum atomic E-state index is -1.22. The van der Waals surface area contributed by atoms with Crippen molar-refractivity contribution in [3.8, 4) is 0 Å². The maximum atomic E-state index is 11.8. The van der Waals surface area contributed by atoms with E-state index in [0.717, 1.165) is 24.8 Å². The number of methoxy groups -OCH3 is 1. The lowest BCUT2D eigenvalue weighted by molar-refractivity contribution is -0.239. The van der Waals surface area contributed by atoms with Gasteiger partial charge in [0.1, 0.15) is 0 Å². The van der Waals surface area contributed by atoms with Gasteiger partial charge < -0.3 is 14.6 Å². The molecule has 0 saturated heterocycles. The molecule has 2 rings (SSSR count). The molecule has 1 aliphatic carbocycles. The number of aliphatic hydroxyl groups is 1. The number of ether oxygens (including phenoxy) is 2. The van der Waals surface area contributed by atoms with E-state index in [-0.39, 0.29) is 0 Å². The van der Waals surface area contributed by atoms with E-state index in [2.05, 4.69) is 0 Å². The van der Waals surface area contributed by atoms with E-state index in [4.69, 9.17) is 9.47 Å². The maximum Gasteiger partial charge on any atom is 0.339 e. The predicted octanol–water partition coefficient (Wildman–Crippen LogP) is 2.91. The van der Waals surface area contributed by atoms with Crippen LogP contribution in [0, 0.1) is 0 Å². The third kappa shape index (κ3) is 4.69.